The van der Waals surface area contributed by atoms with Crippen molar-refractivity contribution < 1.29 is 9.50 Å². The number of hydrogen-bond acceptors (Lipinski definition) is 2. The van der Waals surface area contributed by atoms with Gasteiger partial charge < -0.3 is 10.4 Å². The molecular weight excluding hydrogens is 241 g/mol. The monoisotopic (exact) mass is 263 g/mol. The van der Waals surface area contributed by atoms with E-state index in [1.54, 1.807) is 0 Å². The molecule has 1 aromatic carbocycles. The molecule has 2 heterocycles. The zero-order chi connectivity index (χ0) is 13.6. The number of fused-ring (bicyclic) bond motifs is 2. The quantitative estimate of drug-likeness (QED) is 0.816. The lowest BCUT2D eigenvalue weighted by atomic mass is 9.72. The van der Waals surface area contributed by atoms with Crippen molar-refractivity contribution in [1.82, 2.24) is 5.32 Å². The fourth-order valence-electron chi connectivity index (χ4n) is 4.18. The first-order valence-electron chi connectivity index (χ1n) is 7.23. The van der Waals surface area contributed by atoms with Crippen molar-refractivity contribution in [2.24, 2.45) is 0 Å². The molecular formula is C16H22FNO. The molecule has 1 aromatic rings. The zero-order valence-electron chi connectivity index (χ0n) is 11.7. The zero-order valence-corrected chi connectivity index (χ0v) is 11.7. The molecule has 0 saturated carbocycles. The van der Waals surface area contributed by atoms with Crippen molar-refractivity contribution in [3.63, 3.8) is 0 Å². The highest BCUT2D eigenvalue weighted by Crippen LogP contribution is 2.42. The molecule has 2 saturated heterocycles. The Morgan fingerprint density at radius 1 is 1.16 bits per heavy atom. The van der Waals surface area contributed by atoms with E-state index in [9.17, 15) is 9.50 Å². The highest BCUT2D eigenvalue weighted by Gasteiger charge is 2.43. The minimum Gasteiger partial charge on any atom is -0.385 e. The molecule has 2 unspecified atom stereocenters. The van der Waals surface area contributed by atoms with E-state index in [-0.39, 0.29) is 5.82 Å². The number of hydrogen-bond donors (Lipinski definition) is 2. The van der Waals surface area contributed by atoms with Crippen molar-refractivity contribution in [3.05, 3.63) is 34.6 Å². The fourth-order valence-corrected chi connectivity index (χ4v) is 4.18. The summed E-state index contributed by atoms with van der Waals surface area (Å²) < 4.78 is 13.4. The van der Waals surface area contributed by atoms with Gasteiger partial charge in [0.05, 0.1) is 5.60 Å². The number of nitrogens with one attached hydrogen (secondary N) is 1. The first-order valence-corrected chi connectivity index (χ1v) is 7.23. The second kappa shape index (κ2) is 4.57. The number of aryl methyl sites for hydroxylation is 2. The summed E-state index contributed by atoms with van der Waals surface area (Å²) in [6.07, 6.45) is 5.02. The van der Waals surface area contributed by atoms with Gasteiger partial charge in [0.1, 0.15) is 5.82 Å². The van der Waals surface area contributed by atoms with E-state index < -0.39 is 5.60 Å². The summed E-state index contributed by atoms with van der Waals surface area (Å²) in [5, 5.41) is 14.7. The molecule has 0 radical (unpaired) electrons. The van der Waals surface area contributed by atoms with Gasteiger partial charge in [-0.2, -0.15) is 0 Å². The molecule has 2 aliphatic rings. The Hall–Kier alpha value is -0.930. The van der Waals surface area contributed by atoms with Crippen molar-refractivity contribution in [1.29, 1.82) is 0 Å². The van der Waals surface area contributed by atoms with Crippen LogP contribution in [0.1, 0.15) is 48.8 Å². The molecule has 3 rings (SSSR count). The van der Waals surface area contributed by atoms with Gasteiger partial charge in [0.2, 0.25) is 0 Å². The van der Waals surface area contributed by atoms with E-state index in [1.807, 2.05) is 13.8 Å². The molecule has 0 aromatic heterocycles. The van der Waals surface area contributed by atoms with Crippen LogP contribution in [0.25, 0.3) is 0 Å². The molecule has 3 heteroatoms. The van der Waals surface area contributed by atoms with E-state index in [1.165, 1.54) is 18.6 Å². The Kier molecular flexibility index (Phi) is 3.14. The summed E-state index contributed by atoms with van der Waals surface area (Å²) in [5.74, 6) is -0.212. The number of halogens is 1. The Labute approximate surface area is 114 Å². The molecule has 19 heavy (non-hydrogen) atoms. The normalized spacial score (nSPS) is 34.3. The Bertz CT molecular complexity index is 465. The average Bonchev–Trinajstić information content (AvgIpc) is 2.25. The van der Waals surface area contributed by atoms with Crippen LogP contribution in [0.5, 0.6) is 0 Å². The minimum atomic E-state index is -0.789. The van der Waals surface area contributed by atoms with Crippen molar-refractivity contribution in [2.45, 2.75) is 63.6 Å². The first kappa shape index (κ1) is 13.1. The maximum Gasteiger partial charge on any atom is 0.123 e. The number of rotatable bonds is 1. The Morgan fingerprint density at radius 2 is 1.68 bits per heavy atom. The van der Waals surface area contributed by atoms with E-state index in [0.717, 1.165) is 42.4 Å². The van der Waals surface area contributed by atoms with E-state index in [0.29, 0.717) is 12.1 Å². The average molecular weight is 263 g/mol. The van der Waals surface area contributed by atoms with Crippen molar-refractivity contribution >= 4 is 0 Å². The molecule has 0 aliphatic carbocycles. The van der Waals surface area contributed by atoms with Gasteiger partial charge in [0.25, 0.3) is 0 Å². The molecule has 2 bridgehead atoms. The fraction of sp³-hybridized carbons (Fsp3) is 0.625. The van der Waals surface area contributed by atoms with Gasteiger partial charge in [-0.25, -0.2) is 4.39 Å². The van der Waals surface area contributed by atoms with Crippen molar-refractivity contribution in [2.75, 3.05) is 0 Å². The van der Waals surface area contributed by atoms with Gasteiger partial charge in [-0.3, -0.25) is 0 Å². The van der Waals surface area contributed by atoms with E-state index >= 15 is 0 Å². The van der Waals surface area contributed by atoms with Crippen LogP contribution in [0, 0.1) is 19.7 Å². The lowest BCUT2D eigenvalue weighted by molar-refractivity contribution is -0.0368. The lowest BCUT2D eigenvalue weighted by Gasteiger charge is -2.46. The predicted octanol–water partition coefficient (Wildman–Crippen LogP) is 2.93. The third kappa shape index (κ3) is 2.30. The Balaban J connectivity index is 2.01. The second-order valence-electron chi connectivity index (χ2n) is 6.35. The van der Waals surface area contributed by atoms with Crippen LogP contribution in [-0.2, 0) is 5.60 Å². The third-order valence-corrected chi connectivity index (χ3v) is 4.71. The van der Waals surface area contributed by atoms with Crippen LogP contribution in [0.2, 0.25) is 0 Å². The van der Waals surface area contributed by atoms with Crippen molar-refractivity contribution in [3.8, 4) is 0 Å². The van der Waals surface area contributed by atoms with Crippen LogP contribution in [0.15, 0.2) is 12.1 Å². The standard InChI is InChI=1S/C16H22FNO/c1-10-6-12(17)7-11(2)15(10)16(19)8-13-4-3-5-14(9-16)18-13/h6-7,13-14,18-19H,3-5,8-9H2,1-2H3. The summed E-state index contributed by atoms with van der Waals surface area (Å²) in [6, 6.07) is 3.89. The van der Waals surface area contributed by atoms with Crippen LogP contribution in [0.3, 0.4) is 0 Å². The number of benzene rings is 1. The highest BCUT2D eigenvalue weighted by atomic mass is 19.1. The van der Waals surface area contributed by atoms with Crippen LogP contribution < -0.4 is 5.32 Å². The lowest BCUT2D eigenvalue weighted by Crippen LogP contribution is -2.54. The van der Waals surface area contributed by atoms with Gasteiger partial charge >= 0.3 is 0 Å². The maximum atomic E-state index is 13.4. The molecule has 0 spiro atoms. The molecule has 2 aliphatic heterocycles. The SMILES string of the molecule is Cc1cc(F)cc(C)c1C1(O)CC2CCCC(C1)N2. The maximum absolute atomic E-state index is 13.4. The number of piperidine rings is 2. The van der Waals surface area contributed by atoms with Gasteiger partial charge in [-0.15, -0.1) is 0 Å². The summed E-state index contributed by atoms with van der Waals surface area (Å²) >= 11 is 0. The molecule has 104 valence electrons. The van der Waals surface area contributed by atoms with Crippen LogP contribution in [0.4, 0.5) is 4.39 Å². The Morgan fingerprint density at radius 3 is 2.21 bits per heavy atom. The van der Waals surface area contributed by atoms with Gasteiger partial charge in [0, 0.05) is 12.1 Å². The minimum absolute atomic E-state index is 0.212. The highest BCUT2D eigenvalue weighted by molar-refractivity contribution is 5.39. The summed E-state index contributed by atoms with van der Waals surface area (Å²) in [7, 11) is 0. The summed E-state index contributed by atoms with van der Waals surface area (Å²) in [4.78, 5) is 0. The molecule has 2 nitrogen and oxygen atoms in total. The summed E-state index contributed by atoms with van der Waals surface area (Å²) in [6.45, 7) is 3.81. The molecule has 2 N–H and O–H groups in total. The molecule has 2 atom stereocenters. The van der Waals surface area contributed by atoms with E-state index in [2.05, 4.69) is 5.32 Å². The summed E-state index contributed by atoms with van der Waals surface area (Å²) in [5.41, 5.74) is 1.91. The topological polar surface area (TPSA) is 32.3 Å². The predicted molar refractivity (Wildman–Crippen MR) is 73.6 cm³/mol. The largest absolute Gasteiger partial charge is 0.385 e. The van der Waals surface area contributed by atoms with Gasteiger partial charge in [-0.05, 0) is 68.4 Å². The molecule has 0 amide bonds. The van der Waals surface area contributed by atoms with Crippen LogP contribution >= 0.6 is 0 Å². The molecule has 2 fully saturated rings. The van der Waals surface area contributed by atoms with E-state index in [4.69, 9.17) is 0 Å². The third-order valence-electron chi connectivity index (χ3n) is 4.71. The first-order chi connectivity index (χ1) is 8.98. The second-order valence-corrected chi connectivity index (χ2v) is 6.35. The number of aliphatic hydroxyl groups is 1. The smallest absolute Gasteiger partial charge is 0.123 e. The van der Waals surface area contributed by atoms with Gasteiger partial charge in [0.15, 0.2) is 0 Å². The van der Waals surface area contributed by atoms with Gasteiger partial charge in [-0.1, -0.05) is 6.42 Å². The van der Waals surface area contributed by atoms with Crippen LogP contribution in [-0.4, -0.2) is 17.2 Å².